The van der Waals surface area contributed by atoms with Crippen molar-refractivity contribution in [3.05, 3.63) is 0 Å². The van der Waals surface area contributed by atoms with Gasteiger partial charge >= 0.3 is 0 Å². The van der Waals surface area contributed by atoms with Crippen LogP contribution < -0.4 is 10.0 Å². The van der Waals surface area contributed by atoms with E-state index in [9.17, 15) is 8.42 Å². The zero-order valence-electron chi connectivity index (χ0n) is 14.3. The summed E-state index contributed by atoms with van der Waals surface area (Å²) in [6.45, 7) is 6.30. The topological polar surface area (TPSA) is 73.8 Å². The predicted octanol–water partition coefficient (Wildman–Crippen LogP) is 1.63. The zero-order valence-corrected chi connectivity index (χ0v) is 17.4. The Labute approximate surface area is 157 Å². The quantitative estimate of drug-likeness (QED) is 0.275. The molecule has 23 heavy (non-hydrogen) atoms. The van der Waals surface area contributed by atoms with E-state index in [1.54, 1.807) is 0 Å². The number of hydrogen-bond donors (Lipinski definition) is 2. The highest BCUT2D eigenvalue weighted by molar-refractivity contribution is 14.0. The molecule has 0 aromatic rings. The maximum absolute atomic E-state index is 11.0. The third kappa shape index (κ3) is 7.13. The number of rotatable bonds is 6. The van der Waals surface area contributed by atoms with Crippen LogP contribution in [0.3, 0.4) is 0 Å². The number of halogens is 1. The van der Waals surface area contributed by atoms with Crippen LogP contribution in [0.15, 0.2) is 4.99 Å². The van der Waals surface area contributed by atoms with Crippen molar-refractivity contribution in [2.24, 2.45) is 16.8 Å². The first-order valence-electron chi connectivity index (χ1n) is 8.47. The first-order valence-corrected chi connectivity index (χ1v) is 10.4. The van der Waals surface area contributed by atoms with Crippen molar-refractivity contribution in [2.45, 2.75) is 39.0 Å². The highest BCUT2D eigenvalue weighted by atomic mass is 127. The van der Waals surface area contributed by atoms with E-state index in [0.29, 0.717) is 13.1 Å². The second-order valence-electron chi connectivity index (χ2n) is 6.47. The number of nitrogens with one attached hydrogen (secondary N) is 2. The molecular formula is C15H31IN4O2S. The Balaban J connectivity index is 0.00000264. The van der Waals surface area contributed by atoms with Gasteiger partial charge in [0.15, 0.2) is 5.96 Å². The van der Waals surface area contributed by atoms with Crippen molar-refractivity contribution < 1.29 is 8.42 Å². The molecule has 1 aliphatic heterocycles. The van der Waals surface area contributed by atoms with Crippen LogP contribution >= 0.6 is 24.0 Å². The summed E-state index contributed by atoms with van der Waals surface area (Å²) in [5, 5.41) is 3.38. The van der Waals surface area contributed by atoms with Gasteiger partial charge in [0.1, 0.15) is 0 Å². The summed E-state index contributed by atoms with van der Waals surface area (Å²) in [7, 11) is -3.09. The van der Waals surface area contributed by atoms with E-state index in [1.165, 1.54) is 31.9 Å². The molecule has 1 aliphatic carbocycles. The molecule has 2 fully saturated rings. The SMILES string of the molecule is CCNC(=NCCCNS(C)(=O)=O)N1CC2CCCCC2C1.I. The molecule has 2 N–H and O–H groups in total. The third-order valence-corrected chi connectivity index (χ3v) is 5.30. The van der Waals surface area contributed by atoms with Crippen LogP contribution in [-0.2, 0) is 10.0 Å². The van der Waals surface area contributed by atoms with E-state index in [4.69, 9.17) is 0 Å². The lowest BCUT2D eigenvalue weighted by molar-refractivity contribution is 0.299. The smallest absolute Gasteiger partial charge is 0.208 e. The normalized spacial score (nSPS) is 25.0. The Morgan fingerprint density at radius 2 is 1.83 bits per heavy atom. The molecule has 1 saturated carbocycles. The minimum atomic E-state index is -3.09. The zero-order chi connectivity index (χ0) is 16.0. The van der Waals surface area contributed by atoms with Gasteiger partial charge in [0.2, 0.25) is 10.0 Å². The Morgan fingerprint density at radius 3 is 2.35 bits per heavy atom. The summed E-state index contributed by atoms with van der Waals surface area (Å²) in [5.41, 5.74) is 0. The fraction of sp³-hybridized carbons (Fsp3) is 0.933. The van der Waals surface area contributed by atoms with Gasteiger partial charge < -0.3 is 10.2 Å². The van der Waals surface area contributed by atoms with Gasteiger partial charge in [-0.2, -0.15) is 0 Å². The molecule has 2 atom stereocenters. The van der Waals surface area contributed by atoms with Crippen LogP contribution in [-0.4, -0.2) is 58.3 Å². The number of hydrogen-bond acceptors (Lipinski definition) is 3. The largest absolute Gasteiger partial charge is 0.357 e. The number of sulfonamides is 1. The lowest BCUT2D eigenvalue weighted by Gasteiger charge is -2.22. The van der Waals surface area contributed by atoms with Crippen molar-refractivity contribution >= 4 is 40.0 Å². The van der Waals surface area contributed by atoms with Crippen molar-refractivity contribution in [2.75, 3.05) is 39.0 Å². The first-order chi connectivity index (χ1) is 10.5. The number of guanidine groups is 1. The predicted molar refractivity (Wildman–Crippen MR) is 106 cm³/mol. The van der Waals surface area contributed by atoms with Crippen LogP contribution in [0.4, 0.5) is 0 Å². The average molecular weight is 458 g/mol. The third-order valence-electron chi connectivity index (χ3n) is 4.57. The second kappa shape index (κ2) is 10.0. The highest BCUT2D eigenvalue weighted by Gasteiger charge is 2.35. The molecule has 2 unspecified atom stereocenters. The molecule has 1 saturated heterocycles. The van der Waals surface area contributed by atoms with Crippen LogP contribution in [0.5, 0.6) is 0 Å². The first kappa shape index (κ1) is 21.0. The molecule has 0 spiro atoms. The van der Waals surface area contributed by atoms with E-state index in [1.807, 2.05) is 0 Å². The molecule has 1 heterocycles. The molecule has 0 aromatic heterocycles. The second-order valence-corrected chi connectivity index (χ2v) is 8.30. The monoisotopic (exact) mass is 458 g/mol. The fourth-order valence-electron chi connectivity index (χ4n) is 3.53. The lowest BCUT2D eigenvalue weighted by Crippen LogP contribution is -2.40. The molecule has 0 radical (unpaired) electrons. The van der Waals surface area contributed by atoms with E-state index in [0.717, 1.165) is 43.9 Å². The van der Waals surface area contributed by atoms with Gasteiger partial charge in [-0.15, -0.1) is 24.0 Å². The summed E-state index contributed by atoms with van der Waals surface area (Å²) < 4.78 is 24.5. The average Bonchev–Trinajstić information content (AvgIpc) is 2.88. The Hall–Kier alpha value is -0.0900. The Morgan fingerprint density at radius 1 is 1.22 bits per heavy atom. The molecule has 136 valence electrons. The molecule has 0 aromatic carbocycles. The van der Waals surface area contributed by atoms with Crippen molar-refractivity contribution in [1.82, 2.24) is 14.9 Å². The van der Waals surface area contributed by atoms with E-state index >= 15 is 0 Å². The van der Waals surface area contributed by atoms with Gasteiger partial charge in [-0.1, -0.05) is 12.8 Å². The minimum absolute atomic E-state index is 0. The Kier molecular flexibility index (Phi) is 9.13. The molecule has 0 amide bonds. The van der Waals surface area contributed by atoms with Gasteiger partial charge in [-0.3, -0.25) is 4.99 Å². The summed E-state index contributed by atoms with van der Waals surface area (Å²) in [6.07, 6.45) is 7.38. The fourth-order valence-corrected chi connectivity index (χ4v) is 4.04. The van der Waals surface area contributed by atoms with Gasteiger partial charge in [0, 0.05) is 32.7 Å². The summed E-state index contributed by atoms with van der Waals surface area (Å²) >= 11 is 0. The van der Waals surface area contributed by atoms with Gasteiger partial charge in [-0.05, 0) is 38.0 Å². The van der Waals surface area contributed by atoms with Gasteiger partial charge in [0.25, 0.3) is 0 Å². The van der Waals surface area contributed by atoms with Crippen LogP contribution in [0.1, 0.15) is 39.0 Å². The molecular weight excluding hydrogens is 427 g/mol. The maximum Gasteiger partial charge on any atom is 0.208 e. The van der Waals surface area contributed by atoms with Crippen molar-refractivity contribution in [3.8, 4) is 0 Å². The Bertz CT molecular complexity index is 470. The van der Waals surface area contributed by atoms with Crippen LogP contribution in [0, 0.1) is 11.8 Å². The van der Waals surface area contributed by atoms with E-state index in [-0.39, 0.29) is 24.0 Å². The molecule has 6 nitrogen and oxygen atoms in total. The number of likely N-dealkylation sites (tertiary alicyclic amines) is 1. The highest BCUT2D eigenvalue weighted by Crippen LogP contribution is 2.35. The number of aliphatic imine (C=N–C) groups is 1. The number of fused-ring (bicyclic) bond motifs is 1. The van der Waals surface area contributed by atoms with Gasteiger partial charge in [0.05, 0.1) is 6.26 Å². The van der Waals surface area contributed by atoms with E-state index in [2.05, 4.69) is 26.9 Å². The summed E-state index contributed by atoms with van der Waals surface area (Å²) in [4.78, 5) is 7.07. The van der Waals surface area contributed by atoms with Crippen molar-refractivity contribution in [3.63, 3.8) is 0 Å². The lowest BCUT2D eigenvalue weighted by atomic mass is 9.82. The standard InChI is InChI=1S/C15H30N4O2S.HI/c1-3-16-15(17-9-6-10-18-22(2,20)21)19-11-13-7-4-5-8-14(13)12-19;/h13-14,18H,3-12H2,1-2H3,(H,16,17);1H. The van der Waals surface area contributed by atoms with Crippen LogP contribution in [0.2, 0.25) is 0 Å². The molecule has 0 bridgehead atoms. The van der Waals surface area contributed by atoms with Gasteiger partial charge in [-0.25, -0.2) is 13.1 Å². The minimum Gasteiger partial charge on any atom is -0.357 e. The molecule has 2 rings (SSSR count). The summed E-state index contributed by atoms with van der Waals surface area (Å²) in [6, 6.07) is 0. The molecule has 8 heteroatoms. The van der Waals surface area contributed by atoms with Crippen molar-refractivity contribution in [1.29, 1.82) is 0 Å². The number of nitrogens with zero attached hydrogens (tertiary/aromatic N) is 2. The summed E-state index contributed by atoms with van der Waals surface area (Å²) in [5.74, 6) is 2.67. The molecule has 2 aliphatic rings. The van der Waals surface area contributed by atoms with Crippen LogP contribution in [0.25, 0.3) is 0 Å². The van der Waals surface area contributed by atoms with E-state index < -0.39 is 10.0 Å². The maximum atomic E-state index is 11.0.